The summed E-state index contributed by atoms with van der Waals surface area (Å²) in [7, 11) is 0. The van der Waals surface area contributed by atoms with Gasteiger partial charge in [-0.25, -0.2) is 0 Å². The molecule has 0 radical (unpaired) electrons. The van der Waals surface area contributed by atoms with Crippen molar-refractivity contribution in [3.05, 3.63) is 60.2 Å². The van der Waals surface area contributed by atoms with E-state index in [0.29, 0.717) is 5.56 Å². The number of amides is 1. The summed E-state index contributed by atoms with van der Waals surface area (Å²) < 4.78 is 0. The highest BCUT2D eigenvalue weighted by molar-refractivity contribution is 6.04. The van der Waals surface area contributed by atoms with Crippen LogP contribution in [0.25, 0.3) is 0 Å². The minimum atomic E-state index is -0.0656. The van der Waals surface area contributed by atoms with E-state index in [9.17, 15) is 4.79 Å². The van der Waals surface area contributed by atoms with Gasteiger partial charge in [0, 0.05) is 30.0 Å². The van der Waals surface area contributed by atoms with Crippen molar-refractivity contribution in [2.75, 3.05) is 23.3 Å². The largest absolute Gasteiger partial charge is 0.372 e. The molecule has 0 aliphatic carbocycles. The van der Waals surface area contributed by atoms with Crippen LogP contribution >= 0.6 is 0 Å². The van der Waals surface area contributed by atoms with Crippen molar-refractivity contribution < 1.29 is 4.79 Å². The fourth-order valence-electron chi connectivity index (χ4n) is 2.52. The van der Waals surface area contributed by atoms with Crippen LogP contribution < -0.4 is 10.2 Å². The van der Waals surface area contributed by atoms with Gasteiger partial charge in [0.25, 0.3) is 5.91 Å². The van der Waals surface area contributed by atoms with E-state index in [0.717, 1.165) is 18.8 Å². The van der Waals surface area contributed by atoms with Gasteiger partial charge in [0.15, 0.2) is 0 Å². The molecule has 20 heavy (non-hydrogen) atoms. The molecular formula is C17H18N2O. The number of anilines is 2. The van der Waals surface area contributed by atoms with Crippen LogP contribution in [0.4, 0.5) is 11.4 Å². The first kappa shape index (κ1) is 12.7. The van der Waals surface area contributed by atoms with E-state index in [1.165, 1.54) is 18.5 Å². The van der Waals surface area contributed by atoms with Crippen LogP contribution in [-0.2, 0) is 0 Å². The predicted octanol–water partition coefficient (Wildman–Crippen LogP) is 3.54. The maximum atomic E-state index is 12.1. The summed E-state index contributed by atoms with van der Waals surface area (Å²) in [4.78, 5) is 14.5. The lowest BCUT2D eigenvalue weighted by Crippen LogP contribution is -2.18. The van der Waals surface area contributed by atoms with E-state index in [1.807, 2.05) is 54.6 Å². The minimum absolute atomic E-state index is 0.0656. The van der Waals surface area contributed by atoms with Crippen molar-refractivity contribution in [3.8, 4) is 0 Å². The quantitative estimate of drug-likeness (QED) is 0.921. The number of nitrogens with zero attached hydrogens (tertiary/aromatic N) is 1. The zero-order valence-electron chi connectivity index (χ0n) is 11.4. The highest BCUT2D eigenvalue weighted by Crippen LogP contribution is 2.20. The van der Waals surface area contributed by atoms with Crippen LogP contribution in [0.3, 0.4) is 0 Å². The fraction of sp³-hybridized carbons (Fsp3) is 0.235. The van der Waals surface area contributed by atoms with Gasteiger partial charge < -0.3 is 10.2 Å². The molecule has 0 aromatic heterocycles. The van der Waals surface area contributed by atoms with Crippen LogP contribution in [-0.4, -0.2) is 19.0 Å². The summed E-state index contributed by atoms with van der Waals surface area (Å²) in [6.07, 6.45) is 2.52. The van der Waals surface area contributed by atoms with Gasteiger partial charge in [-0.15, -0.1) is 0 Å². The first-order chi connectivity index (χ1) is 9.83. The van der Waals surface area contributed by atoms with Crippen LogP contribution in [0.5, 0.6) is 0 Å². The van der Waals surface area contributed by atoms with Gasteiger partial charge in [0.05, 0.1) is 0 Å². The standard InChI is InChI=1S/C17H18N2O/c20-17(18-15-6-2-1-3-7-15)14-8-10-16(11-9-14)19-12-4-5-13-19/h1-3,6-11H,4-5,12-13H2,(H,18,20). The molecule has 0 bridgehead atoms. The Kier molecular flexibility index (Phi) is 3.68. The molecule has 3 nitrogen and oxygen atoms in total. The van der Waals surface area contributed by atoms with Crippen molar-refractivity contribution in [1.82, 2.24) is 0 Å². The Morgan fingerprint density at radius 2 is 1.55 bits per heavy atom. The van der Waals surface area contributed by atoms with Crippen molar-refractivity contribution in [2.45, 2.75) is 12.8 Å². The first-order valence-electron chi connectivity index (χ1n) is 7.04. The molecule has 102 valence electrons. The van der Waals surface area contributed by atoms with Gasteiger partial charge >= 0.3 is 0 Å². The van der Waals surface area contributed by atoms with E-state index in [-0.39, 0.29) is 5.91 Å². The molecule has 0 saturated carbocycles. The zero-order chi connectivity index (χ0) is 13.8. The molecule has 0 unspecified atom stereocenters. The Hall–Kier alpha value is -2.29. The average molecular weight is 266 g/mol. The molecule has 1 amide bonds. The second kappa shape index (κ2) is 5.78. The molecule has 1 heterocycles. The van der Waals surface area contributed by atoms with Crippen LogP contribution in [0.1, 0.15) is 23.2 Å². The summed E-state index contributed by atoms with van der Waals surface area (Å²) in [5.74, 6) is -0.0656. The number of rotatable bonds is 3. The topological polar surface area (TPSA) is 32.3 Å². The summed E-state index contributed by atoms with van der Waals surface area (Å²) >= 11 is 0. The van der Waals surface area contributed by atoms with Crippen LogP contribution in [0, 0.1) is 0 Å². The van der Waals surface area contributed by atoms with Gasteiger partial charge in [-0.2, -0.15) is 0 Å². The summed E-state index contributed by atoms with van der Waals surface area (Å²) in [5.41, 5.74) is 2.72. The van der Waals surface area contributed by atoms with Gasteiger partial charge in [-0.1, -0.05) is 18.2 Å². The molecule has 1 fully saturated rings. The van der Waals surface area contributed by atoms with E-state index in [1.54, 1.807) is 0 Å². The maximum Gasteiger partial charge on any atom is 0.255 e. The molecule has 3 heteroatoms. The highest BCUT2D eigenvalue weighted by atomic mass is 16.1. The molecule has 0 spiro atoms. The first-order valence-corrected chi connectivity index (χ1v) is 7.04. The van der Waals surface area contributed by atoms with E-state index < -0.39 is 0 Å². The van der Waals surface area contributed by atoms with E-state index >= 15 is 0 Å². The lowest BCUT2D eigenvalue weighted by molar-refractivity contribution is 0.102. The van der Waals surface area contributed by atoms with E-state index in [4.69, 9.17) is 0 Å². The molecule has 1 aliphatic rings. The monoisotopic (exact) mass is 266 g/mol. The number of para-hydroxylation sites is 1. The number of carbonyl (C=O) groups is 1. The molecule has 1 N–H and O–H groups in total. The van der Waals surface area contributed by atoms with Gasteiger partial charge in [-0.3, -0.25) is 4.79 Å². The van der Waals surface area contributed by atoms with Crippen LogP contribution in [0.2, 0.25) is 0 Å². The third-order valence-corrected chi connectivity index (χ3v) is 3.63. The Labute approximate surface area is 119 Å². The second-order valence-electron chi connectivity index (χ2n) is 5.06. The molecule has 3 rings (SSSR count). The Bertz CT molecular complexity index is 572. The van der Waals surface area contributed by atoms with Gasteiger partial charge in [-0.05, 0) is 49.2 Å². The molecule has 2 aromatic rings. The van der Waals surface area contributed by atoms with Crippen molar-refractivity contribution >= 4 is 17.3 Å². The number of benzene rings is 2. The maximum absolute atomic E-state index is 12.1. The van der Waals surface area contributed by atoms with Crippen molar-refractivity contribution in [2.24, 2.45) is 0 Å². The average Bonchev–Trinajstić information content (AvgIpc) is 3.03. The molecule has 2 aromatic carbocycles. The minimum Gasteiger partial charge on any atom is -0.372 e. The Morgan fingerprint density at radius 1 is 0.900 bits per heavy atom. The van der Waals surface area contributed by atoms with Crippen molar-refractivity contribution in [1.29, 1.82) is 0 Å². The molecule has 1 aliphatic heterocycles. The molecule has 0 atom stereocenters. The second-order valence-corrected chi connectivity index (χ2v) is 5.06. The third-order valence-electron chi connectivity index (χ3n) is 3.63. The Morgan fingerprint density at radius 3 is 2.20 bits per heavy atom. The summed E-state index contributed by atoms with van der Waals surface area (Å²) in [5, 5.41) is 2.89. The summed E-state index contributed by atoms with van der Waals surface area (Å²) in [6, 6.07) is 17.4. The smallest absolute Gasteiger partial charge is 0.255 e. The van der Waals surface area contributed by atoms with Crippen molar-refractivity contribution in [3.63, 3.8) is 0 Å². The molecular weight excluding hydrogens is 248 g/mol. The fourth-order valence-corrected chi connectivity index (χ4v) is 2.52. The van der Waals surface area contributed by atoms with Gasteiger partial charge in [0.1, 0.15) is 0 Å². The number of carbonyl (C=O) groups excluding carboxylic acids is 1. The number of nitrogens with one attached hydrogen (secondary N) is 1. The Balaban J connectivity index is 1.69. The van der Waals surface area contributed by atoms with E-state index in [2.05, 4.69) is 10.2 Å². The van der Waals surface area contributed by atoms with Crippen LogP contribution in [0.15, 0.2) is 54.6 Å². The SMILES string of the molecule is O=C(Nc1ccccc1)c1ccc(N2CCCC2)cc1. The molecule has 1 saturated heterocycles. The van der Waals surface area contributed by atoms with Gasteiger partial charge in [0.2, 0.25) is 0 Å². The predicted molar refractivity (Wildman–Crippen MR) is 82.3 cm³/mol. The zero-order valence-corrected chi connectivity index (χ0v) is 11.4. The summed E-state index contributed by atoms with van der Waals surface area (Å²) in [6.45, 7) is 2.24. The highest BCUT2D eigenvalue weighted by Gasteiger charge is 2.13. The third kappa shape index (κ3) is 2.82. The lowest BCUT2D eigenvalue weighted by Gasteiger charge is -2.17. The number of hydrogen-bond donors (Lipinski definition) is 1. The normalized spacial score (nSPS) is 14.3. The number of hydrogen-bond acceptors (Lipinski definition) is 2. The lowest BCUT2D eigenvalue weighted by atomic mass is 10.2.